The molecule has 2 aromatic heterocycles. The van der Waals surface area contributed by atoms with Crippen LogP contribution in [0.2, 0.25) is 0 Å². The molecule has 2 unspecified atom stereocenters. The third-order valence-corrected chi connectivity index (χ3v) is 4.46. The second-order valence-corrected chi connectivity index (χ2v) is 6.10. The molecule has 0 N–H and O–H groups in total. The van der Waals surface area contributed by atoms with Crippen molar-refractivity contribution in [3.05, 3.63) is 52.1 Å². The second kappa shape index (κ2) is 6.40. The van der Waals surface area contributed by atoms with Gasteiger partial charge in [0.2, 0.25) is 5.82 Å². The Labute approximate surface area is 135 Å². The van der Waals surface area contributed by atoms with E-state index in [-0.39, 0.29) is 16.7 Å². The second-order valence-electron chi connectivity index (χ2n) is 6.10. The Hall–Kier alpha value is -2.37. The fourth-order valence-corrected chi connectivity index (χ4v) is 3.18. The number of nitro groups is 1. The van der Waals surface area contributed by atoms with Gasteiger partial charge in [-0.3, -0.25) is 10.1 Å². The van der Waals surface area contributed by atoms with E-state index in [1.807, 2.05) is 24.0 Å². The quantitative estimate of drug-likeness (QED) is 0.626. The van der Waals surface area contributed by atoms with Crippen LogP contribution in [-0.4, -0.2) is 16.5 Å². The Morgan fingerprint density at radius 3 is 2.96 bits per heavy atom. The van der Waals surface area contributed by atoms with Gasteiger partial charge in [-0.25, -0.2) is 4.98 Å². The molecule has 6 nitrogen and oxygen atoms in total. The van der Waals surface area contributed by atoms with Gasteiger partial charge in [-0.1, -0.05) is 13.8 Å². The van der Waals surface area contributed by atoms with Crippen molar-refractivity contribution >= 4 is 11.5 Å². The van der Waals surface area contributed by atoms with Crippen molar-refractivity contribution in [1.82, 2.24) is 4.98 Å². The Kier molecular flexibility index (Phi) is 4.32. The van der Waals surface area contributed by atoms with Crippen LogP contribution in [-0.2, 0) is 6.42 Å². The zero-order valence-corrected chi connectivity index (χ0v) is 13.4. The molecule has 0 saturated carbocycles. The van der Waals surface area contributed by atoms with Crippen molar-refractivity contribution in [2.24, 2.45) is 5.92 Å². The van der Waals surface area contributed by atoms with E-state index in [9.17, 15) is 10.1 Å². The van der Waals surface area contributed by atoms with Crippen LogP contribution < -0.4 is 4.90 Å². The van der Waals surface area contributed by atoms with Gasteiger partial charge in [0.05, 0.1) is 11.0 Å². The molecule has 1 aliphatic rings. The molecular formula is C17H21N3O3. The lowest BCUT2D eigenvalue weighted by Gasteiger charge is -2.37. The summed E-state index contributed by atoms with van der Waals surface area (Å²) < 4.78 is 5.93. The topological polar surface area (TPSA) is 72.4 Å². The van der Waals surface area contributed by atoms with Gasteiger partial charge in [-0.15, -0.1) is 0 Å². The number of anilines is 1. The SMILES string of the molecule is CCc1ccc(C2CC(C)CCN2c2ncccc2[N+](=O)[O-])o1. The molecule has 0 spiro atoms. The summed E-state index contributed by atoms with van der Waals surface area (Å²) in [6.07, 6.45) is 4.35. The van der Waals surface area contributed by atoms with E-state index in [4.69, 9.17) is 4.42 Å². The molecule has 6 heteroatoms. The minimum Gasteiger partial charge on any atom is -0.464 e. The Morgan fingerprint density at radius 1 is 1.43 bits per heavy atom. The molecule has 0 radical (unpaired) electrons. The molecule has 3 rings (SSSR count). The smallest absolute Gasteiger partial charge is 0.311 e. The molecule has 1 saturated heterocycles. The number of piperidine rings is 1. The number of furan rings is 1. The Bertz CT molecular complexity index is 698. The van der Waals surface area contributed by atoms with Crippen LogP contribution in [0.4, 0.5) is 11.5 Å². The summed E-state index contributed by atoms with van der Waals surface area (Å²) in [6, 6.07) is 7.08. The average molecular weight is 315 g/mol. The zero-order valence-electron chi connectivity index (χ0n) is 13.4. The number of pyridine rings is 1. The maximum atomic E-state index is 11.3. The molecule has 1 aliphatic heterocycles. The van der Waals surface area contributed by atoms with E-state index in [1.165, 1.54) is 6.07 Å². The van der Waals surface area contributed by atoms with Crippen molar-refractivity contribution < 1.29 is 9.34 Å². The lowest BCUT2D eigenvalue weighted by atomic mass is 9.91. The van der Waals surface area contributed by atoms with Crippen LogP contribution in [0.25, 0.3) is 0 Å². The summed E-state index contributed by atoms with van der Waals surface area (Å²) in [5, 5.41) is 11.3. The summed E-state index contributed by atoms with van der Waals surface area (Å²) in [5.74, 6) is 2.79. The van der Waals surface area contributed by atoms with Gasteiger partial charge >= 0.3 is 5.69 Å². The summed E-state index contributed by atoms with van der Waals surface area (Å²) in [7, 11) is 0. The molecule has 3 heterocycles. The predicted octanol–water partition coefficient (Wildman–Crippen LogP) is 4.12. The van der Waals surface area contributed by atoms with Crippen LogP contribution in [0, 0.1) is 16.0 Å². The van der Waals surface area contributed by atoms with Gasteiger partial charge in [-0.2, -0.15) is 0 Å². The first-order valence-electron chi connectivity index (χ1n) is 8.04. The Balaban J connectivity index is 2.00. The standard InChI is InChI=1S/C17H21N3O3/c1-3-13-6-7-16(23-13)15-11-12(2)8-10-19(15)17-14(20(21)22)5-4-9-18-17/h4-7,9,12,15H,3,8,10-11H2,1-2H3. The third-order valence-electron chi connectivity index (χ3n) is 4.46. The summed E-state index contributed by atoms with van der Waals surface area (Å²) in [6.45, 7) is 5.00. The summed E-state index contributed by atoms with van der Waals surface area (Å²) in [5.41, 5.74) is 0.0503. The van der Waals surface area contributed by atoms with Crippen LogP contribution >= 0.6 is 0 Å². The first-order chi connectivity index (χ1) is 11.1. The molecule has 0 amide bonds. The number of nitrogens with zero attached hydrogens (tertiary/aromatic N) is 3. The van der Waals surface area contributed by atoms with Crippen molar-refractivity contribution in [2.45, 2.75) is 39.2 Å². The normalized spacial score (nSPS) is 21.4. The first kappa shape index (κ1) is 15.5. The maximum Gasteiger partial charge on any atom is 0.311 e. The Morgan fingerprint density at radius 2 is 2.26 bits per heavy atom. The first-order valence-corrected chi connectivity index (χ1v) is 8.04. The minimum absolute atomic E-state index is 0.00681. The highest BCUT2D eigenvalue weighted by atomic mass is 16.6. The molecule has 0 bridgehead atoms. The number of hydrogen-bond donors (Lipinski definition) is 0. The van der Waals surface area contributed by atoms with E-state index in [0.717, 1.165) is 37.3 Å². The fourth-order valence-electron chi connectivity index (χ4n) is 3.18. The highest BCUT2D eigenvalue weighted by Crippen LogP contribution is 2.40. The molecule has 0 aromatic carbocycles. The van der Waals surface area contributed by atoms with Crippen LogP contribution in [0.15, 0.2) is 34.9 Å². The minimum atomic E-state index is -0.364. The van der Waals surface area contributed by atoms with Gasteiger partial charge in [0.25, 0.3) is 0 Å². The average Bonchev–Trinajstić information content (AvgIpc) is 3.03. The molecule has 1 fully saturated rings. The van der Waals surface area contributed by atoms with Crippen molar-refractivity contribution in [3.8, 4) is 0 Å². The lowest BCUT2D eigenvalue weighted by Crippen LogP contribution is -2.37. The van der Waals surface area contributed by atoms with Gasteiger partial charge in [-0.05, 0) is 37.0 Å². The van der Waals surface area contributed by atoms with Gasteiger partial charge in [0, 0.05) is 25.2 Å². The monoisotopic (exact) mass is 315 g/mol. The van der Waals surface area contributed by atoms with Gasteiger partial charge in [0.1, 0.15) is 11.5 Å². The largest absolute Gasteiger partial charge is 0.464 e. The van der Waals surface area contributed by atoms with Gasteiger partial charge < -0.3 is 9.32 Å². The molecule has 23 heavy (non-hydrogen) atoms. The zero-order chi connectivity index (χ0) is 16.4. The number of aryl methyl sites for hydroxylation is 1. The van der Waals surface area contributed by atoms with E-state index < -0.39 is 0 Å². The maximum absolute atomic E-state index is 11.3. The highest BCUT2D eigenvalue weighted by molar-refractivity contribution is 5.58. The number of hydrogen-bond acceptors (Lipinski definition) is 5. The van der Waals surface area contributed by atoms with Crippen LogP contribution in [0.3, 0.4) is 0 Å². The predicted molar refractivity (Wildman–Crippen MR) is 87.5 cm³/mol. The van der Waals surface area contributed by atoms with E-state index in [1.54, 1.807) is 12.3 Å². The highest BCUT2D eigenvalue weighted by Gasteiger charge is 2.34. The van der Waals surface area contributed by atoms with E-state index in [2.05, 4.69) is 11.9 Å². The van der Waals surface area contributed by atoms with Gasteiger partial charge in [0.15, 0.2) is 0 Å². The number of rotatable bonds is 4. The summed E-state index contributed by atoms with van der Waals surface area (Å²) >= 11 is 0. The fraction of sp³-hybridized carbons (Fsp3) is 0.471. The van der Waals surface area contributed by atoms with Crippen LogP contribution in [0.5, 0.6) is 0 Å². The van der Waals surface area contributed by atoms with Crippen molar-refractivity contribution in [2.75, 3.05) is 11.4 Å². The third kappa shape index (κ3) is 3.06. The van der Waals surface area contributed by atoms with E-state index in [0.29, 0.717) is 11.7 Å². The van der Waals surface area contributed by atoms with Crippen LogP contribution in [0.1, 0.15) is 44.3 Å². The molecular weight excluding hydrogens is 294 g/mol. The molecule has 122 valence electrons. The number of aromatic nitrogens is 1. The molecule has 2 aromatic rings. The lowest BCUT2D eigenvalue weighted by molar-refractivity contribution is -0.384. The molecule has 0 aliphatic carbocycles. The van der Waals surface area contributed by atoms with Crippen molar-refractivity contribution in [1.29, 1.82) is 0 Å². The summed E-state index contributed by atoms with van der Waals surface area (Å²) in [4.78, 5) is 17.3. The molecule has 2 atom stereocenters. The van der Waals surface area contributed by atoms with E-state index >= 15 is 0 Å². The van der Waals surface area contributed by atoms with Crippen molar-refractivity contribution in [3.63, 3.8) is 0 Å².